The van der Waals surface area contributed by atoms with Crippen LogP contribution in [0.15, 0.2) is 30.3 Å². The molecule has 0 fully saturated rings. The number of nitrogens with zero attached hydrogens (tertiary/aromatic N) is 1. The fraction of sp³-hybridized carbons (Fsp3) is 0.571. The van der Waals surface area contributed by atoms with Gasteiger partial charge in [0, 0.05) is 6.04 Å². The van der Waals surface area contributed by atoms with Crippen LogP contribution in [0.25, 0.3) is 0 Å². The molecule has 0 aliphatic carbocycles. The SMILES string of the molecule is CC(C)[S@@](=O)O[C@H](c1ccccc1)[C@@H](C)N(C)C. The molecule has 0 amide bonds. The summed E-state index contributed by atoms with van der Waals surface area (Å²) in [5.74, 6) is 0. The van der Waals surface area contributed by atoms with Crippen molar-refractivity contribution in [3.63, 3.8) is 0 Å². The number of benzene rings is 1. The Morgan fingerprint density at radius 3 is 2.11 bits per heavy atom. The zero-order chi connectivity index (χ0) is 13.7. The van der Waals surface area contributed by atoms with Gasteiger partial charge in [-0.15, -0.1) is 0 Å². The smallest absolute Gasteiger partial charge is 0.158 e. The fourth-order valence-electron chi connectivity index (χ4n) is 1.54. The van der Waals surface area contributed by atoms with Gasteiger partial charge in [-0.25, -0.2) is 4.21 Å². The molecule has 0 aromatic heterocycles. The van der Waals surface area contributed by atoms with Gasteiger partial charge in [-0.05, 0) is 40.4 Å². The Kier molecular flexibility index (Phi) is 5.99. The molecule has 3 atom stereocenters. The van der Waals surface area contributed by atoms with Crippen LogP contribution in [0.5, 0.6) is 0 Å². The highest BCUT2D eigenvalue weighted by atomic mass is 32.2. The maximum Gasteiger partial charge on any atom is 0.158 e. The van der Waals surface area contributed by atoms with E-state index in [1.165, 1.54) is 0 Å². The predicted octanol–water partition coefficient (Wildman–Crippen LogP) is 2.77. The number of hydrogen-bond donors (Lipinski definition) is 0. The molecule has 0 heterocycles. The molecule has 0 unspecified atom stereocenters. The third-order valence-corrected chi connectivity index (χ3v) is 4.13. The van der Waals surface area contributed by atoms with E-state index in [1.807, 2.05) is 58.3 Å². The summed E-state index contributed by atoms with van der Waals surface area (Å²) in [5, 5.41) is 0.00516. The minimum Gasteiger partial charge on any atom is -0.304 e. The Morgan fingerprint density at radius 2 is 1.67 bits per heavy atom. The topological polar surface area (TPSA) is 29.5 Å². The third-order valence-electron chi connectivity index (χ3n) is 2.96. The summed E-state index contributed by atoms with van der Waals surface area (Å²) >= 11 is -1.27. The molecule has 0 aliphatic rings. The first-order valence-electron chi connectivity index (χ1n) is 6.22. The Hall–Kier alpha value is -0.710. The van der Waals surface area contributed by atoms with Crippen LogP contribution in [0.3, 0.4) is 0 Å². The highest BCUT2D eigenvalue weighted by molar-refractivity contribution is 7.80. The van der Waals surface area contributed by atoms with Crippen molar-refractivity contribution in [1.29, 1.82) is 0 Å². The average molecular weight is 269 g/mol. The van der Waals surface area contributed by atoms with Gasteiger partial charge < -0.3 is 4.90 Å². The standard InChI is InChI=1S/C14H23NO2S/c1-11(2)18(16)17-14(12(3)15(4)5)13-9-7-6-8-10-13/h6-12,14H,1-5H3/t12-,14+,18+/m1/s1. The lowest BCUT2D eigenvalue weighted by atomic mass is 10.0. The Labute approximate surface area is 113 Å². The van der Waals surface area contributed by atoms with E-state index >= 15 is 0 Å². The van der Waals surface area contributed by atoms with Crippen molar-refractivity contribution in [1.82, 2.24) is 4.90 Å². The van der Waals surface area contributed by atoms with Crippen LogP contribution < -0.4 is 0 Å². The van der Waals surface area contributed by atoms with Crippen LogP contribution in [0.2, 0.25) is 0 Å². The second kappa shape index (κ2) is 7.02. The quantitative estimate of drug-likeness (QED) is 0.795. The highest BCUT2D eigenvalue weighted by Gasteiger charge is 2.25. The van der Waals surface area contributed by atoms with E-state index in [0.29, 0.717) is 0 Å². The van der Waals surface area contributed by atoms with Gasteiger partial charge in [-0.2, -0.15) is 0 Å². The van der Waals surface area contributed by atoms with Crippen LogP contribution in [-0.2, 0) is 15.3 Å². The molecule has 0 aliphatic heterocycles. The molecule has 102 valence electrons. The molecule has 0 bridgehead atoms. The average Bonchev–Trinajstić information content (AvgIpc) is 2.35. The summed E-state index contributed by atoms with van der Waals surface area (Å²) in [5.41, 5.74) is 1.06. The Balaban J connectivity index is 2.93. The molecule has 0 spiro atoms. The van der Waals surface area contributed by atoms with Crippen molar-refractivity contribution < 1.29 is 8.39 Å². The molecule has 1 aromatic rings. The lowest BCUT2D eigenvalue weighted by molar-refractivity contribution is 0.120. The molecule has 18 heavy (non-hydrogen) atoms. The predicted molar refractivity (Wildman–Crippen MR) is 76.7 cm³/mol. The monoisotopic (exact) mass is 269 g/mol. The number of rotatable bonds is 6. The van der Waals surface area contributed by atoms with Gasteiger partial charge in [-0.3, -0.25) is 4.18 Å². The van der Waals surface area contributed by atoms with E-state index in [9.17, 15) is 4.21 Å². The maximum absolute atomic E-state index is 11.9. The summed E-state index contributed by atoms with van der Waals surface area (Å²) in [7, 11) is 4.00. The van der Waals surface area contributed by atoms with Crippen LogP contribution in [0.4, 0.5) is 0 Å². The minimum absolute atomic E-state index is 0.00516. The van der Waals surface area contributed by atoms with Gasteiger partial charge in [0.05, 0.1) is 5.25 Å². The zero-order valence-electron chi connectivity index (χ0n) is 11.8. The molecular weight excluding hydrogens is 246 g/mol. The Bertz CT molecular complexity index is 379. The van der Waals surface area contributed by atoms with Crippen LogP contribution in [-0.4, -0.2) is 34.5 Å². The molecule has 1 aromatic carbocycles. The first-order valence-corrected chi connectivity index (χ1v) is 7.36. The number of likely N-dealkylation sites (N-methyl/N-ethyl adjacent to an activating group) is 1. The van der Waals surface area contributed by atoms with Gasteiger partial charge in [0.15, 0.2) is 11.1 Å². The van der Waals surface area contributed by atoms with Crippen molar-refractivity contribution in [3.8, 4) is 0 Å². The van der Waals surface area contributed by atoms with E-state index in [2.05, 4.69) is 11.8 Å². The van der Waals surface area contributed by atoms with Gasteiger partial charge in [0.25, 0.3) is 0 Å². The van der Waals surface area contributed by atoms with Gasteiger partial charge in [-0.1, -0.05) is 30.3 Å². The van der Waals surface area contributed by atoms with E-state index in [4.69, 9.17) is 4.18 Å². The number of hydrogen-bond acceptors (Lipinski definition) is 3. The Morgan fingerprint density at radius 1 is 1.11 bits per heavy atom. The van der Waals surface area contributed by atoms with Crippen molar-refractivity contribution in [3.05, 3.63) is 35.9 Å². The summed E-state index contributed by atoms with van der Waals surface area (Å²) in [6, 6.07) is 10.1. The molecule has 0 N–H and O–H groups in total. The van der Waals surface area contributed by atoms with Crippen LogP contribution in [0.1, 0.15) is 32.4 Å². The molecule has 0 saturated carbocycles. The molecule has 4 heteroatoms. The van der Waals surface area contributed by atoms with E-state index in [0.717, 1.165) is 5.56 Å². The summed E-state index contributed by atoms with van der Waals surface area (Å²) < 4.78 is 17.7. The highest BCUT2D eigenvalue weighted by Crippen LogP contribution is 2.25. The lowest BCUT2D eigenvalue weighted by Gasteiger charge is -2.29. The molecule has 1 rings (SSSR count). The molecule has 0 saturated heterocycles. The zero-order valence-corrected chi connectivity index (χ0v) is 12.6. The van der Waals surface area contributed by atoms with E-state index in [-0.39, 0.29) is 17.4 Å². The second-order valence-electron chi connectivity index (χ2n) is 4.94. The molecule has 3 nitrogen and oxygen atoms in total. The van der Waals surface area contributed by atoms with Crippen LogP contribution >= 0.6 is 0 Å². The van der Waals surface area contributed by atoms with Crippen molar-refractivity contribution in [2.45, 2.75) is 38.2 Å². The normalized spacial score (nSPS) is 16.8. The third kappa shape index (κ3) is 4.19. The maximum atomic E-state index is 11.9. The van der Waals surface area contributed by atoms with Crippen molar-refractivity contribution in [2.24, 2.45) is 0 Å². The van der Waals surface area contributed by atoms with Crippen LogP contribution in [0, 0.1) is 0 Å². The van der Waals surface area contributed by atoms with Gasteiger partial charge >= 0.3 is 0 Å². The van der Waals surface area contributed by atoms with Crippen molar-refractivity contribution in [2.75, 3.05) is 14.1 Å². The first kappa shape index (κ1) is 15.3. The van der Waals surface area contributed by atoms with Crippen molar-refractivity contribution >= 4 is 11.1 Å². The summed E-state index contributed by atoms with van der Waals surface area (Å²) in [6.07, 6.45) is -0.176. The summed E-state index contributed by atoms with van der Waals surface area (Å²) in [4.78, 5) is 2.08. The molecular formula is C14H23NO2S. The fourth-order valence-corrected chi connectivity index (χ4v) is 2.24. The second-order valence-corrected chi connectivity index (χ2v) is 6.60. The largest absolute Gasteiger partial charge is 0.304 e. The molecule has 0 radical (unpaired) electrons. The first-order chi connectivity index (χ1) is 8.43. The van der Waals surface area contributed by atoms with Gasteiger partial charge in [0.1, 0.15) is 6.10 Å². The van der Waals surface area contributed by atoms with E-state index < -0.39 is 11.1 Å². The lowest BCUT2D eigenvalue weighted by Crippen LogP contribution is -2.33. The van der Waals surface area contributed by atoms with Gasteiger partial charge in [0.2, 0.25) is 0 Å². The summed E-state index contributed by atoms with van der Waals surface area (Å²) in [6.45, 7) is 5.88. The van der Waals surface area contributed by atoms with E-state index in [1.54, 1.807) is 0 Å². The minimum atomic E-state index is -1.27.